The molecule has 0 radical (unpaired) electrons. The number of aliphatic hydroxyl groups is 1. The average molecular weight is 208 g/mol. The van der Waals surface area contributed by atoms with Gasteiger partial charge in [-0.25, -0.2) is 0 Å². The lowest BCUT2D eigenvalue weighted by Gasteiger charge is -2.02. The fourth-order valence-corrected chi connectivity index (χ4v) is 1.24. The number of amides is 1. The predicted octanol–water partition coefficient (Wildman–Crippen LogP) is 1.19. The Bertz CT molecular complexity index is 356. The maximum atomic E-state index is 10.8. The molecule has 0 heterocycles. The molecular formula is C9H8N2O2S. The van der Waals surface area contributed by atoms with Gasteiger partial charge in [0.25, 0.3) is 0 Å². The minimum absolute atomic E-state index is 0.453. The van der Waals surface area contributed by atoms with Crippen LogP contribution in [0.1, 0.15) is 0 Å². The molecule has 0 unspecified atom stereocenters. The number of carbonyl (C=O) groups excluding carboxylic acids is 1. The zero-order valence-corrected chi connectivity index (χ0v) is 8.04. The van der Waals surface area contributed by atoms with Gasteiger partial charge in [-0.1, -0.05) is 0 Å². The number of nitrogens with one attached hydrogen (secondary N) is 1. The molecule has 0 saturated heterocycles. The van der Waals surface area contributed by atoms with Crippen molar-refractivity contribution in [2.75, 3.05) is 11.9 Å². The first-order valence-electron chi connectivity index (χ1n) is 3.83. The number of nitriles is 1. The Morgan fingerprint density at radius 2 is 2.14 bits per heavy atom. The van der Waals surface area contributed by atoms with E-state index in [1.54, 1.807) is 24.3 Å². The standard InChI is InChI=1S/C9H8N2O2S/c10-6-14-8-3-1-7(2-4-8)11-9(13)5-12/h1-4,12H,5H2,(H,11,13). The van der Waals surface area contributed by atoms with E-state index in [9.17, 15) is 4.79 Å². The summed E-state index contributed by atoms with van der Waals surface area (Å²) in [4.78, 5) is 11.6. The van der Waals surface area contributed by atoms with E-state index >= 15 is 0 Å². The van der Waals surface area contributed by atoms with E-state index in [1.807, 2.05) is 5.40 Å². The number of thioether (sulfide) groups is 1. The number of aliphatic hydroxyl groups excluding tert-OH is 1. The maximum absolute atomic E-state index is 10.8. The number of hydrogen-bond acceptors (Lipinski definition) is 4. The number of thiocyanates is 1. The number of carbonyl (C=O) groups is 1. The Hall–Kier alpha value is -1.51. The zero-order chi connectivity index (χ0) is 10.4. The Morgan fingerprint density at radius 1 is 1.50 bits per heavy atom. The third kappa shape index (κ3) is 3.09. The Kier molecular flexibility index (Phi) is 3.98. The molecule has 0 fully saturated rings. The summed E-state index contributed by atoms with van der Waals surface area (Å²) in [6.07, 6.45) is 0. The first-order chi connectivity index (χ1) is 6.76. The summed E-state index contributed by atoms with van der Waals surface area (Å²) in [5.74, 6) is -0.453. The van der Waals surface area contributed by atoms with Crippen molar-refractivity contribution in [1.29, 1.82) is 5.26 Å². The van der Waals surface area contributed by atoms with Crippen LogP contribution in [-0.4, -0.2) is 17.6 Å². The monoisotopic (exact) mass is 208 g/mol. The number of benzene rings is 1. The topological polar surface area (TPSA) is 73.1 Å². The highest BCUT2D eigenvalue weighted by atomic mass is 32.2. The highest BCUT2D eigenvalue weighted by Gasteiger charge is 1.99. The molecule has 0 aliphatic carbocycles. The van der Waals surface area contributed by atoms with Crippen molar-refractivity contribution in [1.82, 2.24) is 0 Å². The fraction of sp³-hybridized carbons (Fsp3) is 0.111. The van der Waals surface area contributed by atoms with Crippen molar-refractivity contribution in [2.24, 2.45) is 0 Å². The largest absolute Gasteiger partial charge is 0.387 e. The van der Waals surface area contributed by atoms with E-state index in [4.69, 9.17) is 10.4 Å². The smallest absolute Gasteiger partial charge is 0.250 e. The Labute approximate surface area is 85.5 Å². The van der Waals surface area contributed by atoms with Crippen molar-refractivity contribution < 1.29 is 9.90 Å². The third-order valence-electron chi connectivity index (χ3n) is 1.45. The van der Waals surface area contributed by atoms with Gasteiger partial charge in [-0.15, -0.1) is 0 Å². The molecule has 0 aromatic heterocycles. The molecule has 0 bridgehead atoms. The average Bonchev–Trinajstić information content (AvgIpc) is 2.21. The first-order valence-corrected chi connectivity index (χ1v) is 4.64. The van der Waals surface area contributed by atoms with Gasteiger partial charge in [0.15, 0.2) is 0 Å². The lowest BCUT2D eigenvalue weighted by Crippen LogP contribution is -2.15. The first kappa shape index (κ1) is 10.6. The van der Waals surface area contributed by atoms with Gasteiger partial charge in [0.05, 0.1) is 0 Å². The second kappa shape index (κ2) is 5.27. The molecule has 1 rings (SSSR count). The quantitative estimate of drug-likeness (QED) is 0.578. The second-order valence-corrected chi connectivity index (χ2v) is 3.28. The molecule has 0 aliphatic rings. The number of rotatable bonds is 3. The van der Waals surface area contributed by atoms with E-state index in [-0.39, 0.29) is 0 Å². The molecule has 72 valence electrons. The lowest BCUT2D eigenvalue weighted by atomic mass is 10.3. The second-order valence-electron chi connectivity index (χ2n) is 2.42. The van der Waals surface area contributed by atoms with E-state index < -0.39 is 12.5 Å². The highest BCUT2D eigenvalue weighted by Crippen LogP contribution is 2.18. The Morgan fingerprint density at radius 3 is 2.64 bits per heavy atom. The lowest BCUT2D eigenvalue weighted by molar-refractivity contribution is -0.118. The molecule has 1 aromatic rings. The van der Waals surface area contributed by atoms with Crippen LogP contribution in [-0.2, 0) is 4.79 Å². The number of hydrogen-bond donors (Lipinski definition) is 2. The van der Waals surface area contributed by atoms with Crippen LogP contribution in [0.4, 0.5) is 5.69 Å². The SMILES string of the molecule is N#CSc1ccc(NC(=O)CO)cc1. The number of anilines is 1. The summed E-state index contributed by atoms with van der Waals surface area (Å²) in [5.41, 5.74) is 0.603. The van der Waals surface area contributed by atoms with Gasteiger partial charge in [-0.05, 0) is 36.0 Å². The van der Waals surface area contributed by atoms with Crippen LogP contribution in [0.2, 0.25) is 0 Å². The minimum atomic E-state index is -0.533. The van der Waals surface area contributed by atoms with E-state index in [1.165, 1.54) is 0 Å². The molecule has 0 spiro atoms. The highest BCUT2D eigenvalue weighted by molar-refractivity contribution is 8.03. The van der Waals surface area contributed by atoms with E-state index in [2.05, 4.69) is 5.32 Å². The van der Waals surface area contributed by atoms with Crippen molar-refractivity contribution in [2.45, 2.75) is 4.90 Å². The summed E-state index contributed by atoms with van der Waals surface area (Å²) >= 11 is 1.05. The fourth-order valence-electron chi connectivity index (χ4n) is 0.860. The number of nitrogens with zero attached hydrogens (tertiary/aromatic N) is 1. The van der Waals surface area contributed by atoms with Gasteiger partial charge in [0.1, 0.15) is 12.0 Å². The zero-order valence-electron chi connectivity index (χ0n) is 7.23. The Balaban J connectivity index is 2.65. The molecule has 4 nitrogen and oxygen atoms in total. The van der Waals surface area contributed by atoms with Crippen molar-refractivity contribution in [3.05, 3.63) is 24.3 Å². The van der Waals surface area contributed by atoms with Crippen LogP contribution in [0.3, 0.4) is 0 Å². The molecule has 0 saturated carbocycles. The summed E-state index contributed by atoms with van der Waals surface area (Å²) in [7, 11) is 0. The molecule has 14 heavy (non-hydrogen) atoms. The molecule has 0 aliphatic heterocycles. The molecule has 0 atom stereocenters. The van der Waals surface area contributed by atoms with Crippen LogP contribution in [0.15, 0.2) is 29.2 Å². The van der Waals surface area contributed by atoms with Crippen LogP contribution in [0.25, 0.3) is 0 Å². The summed E-state index contributed by atoms with van der Waals surface area (Å²) in [6.45, 7) is -0.533. The van der Waals surface area contributed by atoms with Crippen LogP contribution < -0.4 is 5.32 Å². The molecule has 1 amide bonds. The summed E-state index contributed by atoms with van der Waals surface area (Å²) in [6, 6.07) is 6.79. The third-order valence-corrected chi connectivity index (χ3v) is 2.04. The van der Waals surface area contributed by atoms with Crippen molar-refractivity contribution in [3.63, 3.8) is 0 Å². The molecular weight excluding hydrogens is 200 g/mol. The normalized spacial score (nSPS) is 9.14. The van der Waals surface area contributed by atoms with Gasteiger partial charge < -0.3 is 10.4 Å². The molecule has 1 aromatic carbocycles. The maximum Gasteiger partial charge on any atom is 0.250 e. The van der Waals surface area contributed by atoms with Gasteiger partial charge in [0, 0.05) is 10.6 Å². The predicted molar refractivity (Wildman–Crippen MR) is 53.6 cm³/mol. The van der Waals surface area contributed by atoms with Gasteiger partial charge >= 0.3 is 0 Å². The summed E-state index contributed by atoms with van der Waals surface area (Å²) < 4.78 is 0. The summed E-state index contributed by atoms with van der Waals surface area (Å²) in [5, 5.41) is 21.3. The van der Waals surface area contributed by atoms with Crippen molar-refractivity contribution >= 4 is 23.4 Å². The van der Waals surface area contributed by atoms with Crippen LogP contribution in [0, 0.1) is 10.7 Å². The minimum Gasteiger partial charge on any atom is -0.387 e. The van der Waals surface area contributed by atoms with E-state index in [0.717, 1.165) is 16.7 Å². The van der Waals surface area contributed by atoms with Crippen LogP contribution in [0.5, 0.6) is 0 Å². The molecule has 5 heteroatoms. The van der Waals surface area contributed by atoms with Gasteiger partial charge in [-0.2, -0.15) is 5.26 Å². The van der Waals surface area contributed by atoms with E-state index in [0.29, 0.717) is 5.69 Å². The van der Waals surface area contributed by atoms with Crippen LogP contribution >= 0.6 is 11.8 Å². The van der Waals surface area contributed by atoms with Gasteiger partial charge in [-0.3, -0.25) is 4.79 Å². The van der Waals surface area contributed by atoms with Crippen molar-refractivity contribution in [3.8, 4) is 5.40 Å². The van der Waals surface area contributed by atoms with Gasteiger partial charge in [0.2, 0.25) is 5.91 Å². The molecule has 2 N–H and O–H groups in total.